The van der Waals surface area contributed by atoms with Crippen molar-refractivity contribution in [2.45, 2.75) is 38.3 Å². The van der Waals surface area contributed by atoms with Crippen LogP contribution in [0.3, 0.4) is 0 Å². The summed E-state index contributed by atoms with van der Waals surface area (Å²) in [5.41, 5.74) is 2.85. The van der Waals surface area contributed by atoms with Crippen molar-refractivity contribution < 1.29 is 0 Å². The van der Waals surface area contributed by atoms with Crippen LogP contribution in [-0.4, -0.2) is 6.04 Å². The van der Waals surface area contributed by atoms with Crippen molar-refractivity contribution in [3.8, 4) is 0 Å². The first-order valence-electron chi connectivity index (χ1n) is 7.68. The van der Waals surface area contributed by atoms with E-state index in [9.17, 15) is 0 Å². The van der Waals surface area contributed by atoms with Gasteiger partial charge in [-0.3, -0.25) is 0 Å². The van der Waals surface area contributed by atoms with Crippen LogP contribution < -0.4 is 5.32 Å². The van der Waals surface area contributed by atoms with E-state index in [4.69, 9.17) is 0 Å². The Morgan fingerprint density at radius 1 is 0.950 bits per heavy atom. The molecule has 0 heterocycles. The molecule has 2 aromatic rings. The van der Waals surface area contributed by atoms with E-state index in [1.54, 1.807) is 0 Å². The van der Waals surface area contributed by atoms with Crippen LogP contribution in [0.1, 0.15) is 36.9 Å². The number of benzene rings is 2. The van der Waals surface area contributed by atoms with E-state index < -0.39 is 0 Å². The lowest BCUT2D eigenvalue weighted by Crippen LogP contribution is -2.33. The molecule has 0 spiro atoms. The van der Waals surface area contributed by atoms with Crippen LogP contribution >= 0.6 is 0 Å². The van der Waals surface area contributed by atoms with E-state index in [1.807, 2.05) is 0 Å². The lowest BCUT2D eigenvalue weighted by molar-refractivity contribution is 0.417. The van der Waals surface area contributed by atoms with E-state index in [-0.39, 0.29) is 0 Å². The third kappa shape index (κ3) is 3.49. The molecule has 1 saturated carbocycles. The molecule has 1 aliphatic carbocycles. The first-order valence-corrected chi connectivity index (χ1v) is 7.68. The first-order chi connectivity index (χ1) is 9.83. The summed E-state index contributed by atoms with van der Waals surface area (Å²) >= 11 is 0. The third-order valence-electron chi connectivity index (χ3n) is 4.10. The molecule has 2 unspecified atom stereocenters. The van der Waals surface area contributed by atoms with E-state index in [1.165, 1.54) is 24.0 Å². The van der Waals surface area contributed by atoms with Gasteiger partial charge in [0.15, 0.2) is 0 Å². The second kappa shape index (κ2) is 6.23. The summed E-state index contributed by atoms with van der Waals surface area (Å²) in [6, 6.07) is 22.7. The van der Waals surface area contributed by atoms with Crippen molar-refractivity contribution in [1.82, 2.24) is 5.32 Å². The molecule has 1 N–H and O–H groups in total. The van der Waals surface area contributed by atoms with E-state index in [0.29, 0.717) is 12.1 Å². The highest BCUT2D eigenvalue weighted by atomic mass is 15.0. The van der Waals surface area contributed by atoms with Gasteiger partial charge >= 0.3 is 0 Å². The zero-order chi connectivity index (χ0) is 13.8. The van der Waals surface area contributed by atoms with Crippen LogP contribution in [0, 0.1) is 5.92 Å². The number of rotatable bonds is 6. The molecule has 0 aromatic heterocycles. The Morgan fingerprint density at radius 2 is 1.55 bits per heavy atom. The lowest BCUT2D eigenvalue weighted by atomic mass is 9.99. The largest absolute Gasteiger partial charge is 0.307 e. The minimum absolute atomic E-state index is 0.503. The summed E-state index contributed by atoms with van der Waals surface area (Å²) in [5.74, 6) is 0.829. The van der Waals surface area contributed by atoms with E-state index in [2.05, 4.69) is 72.9 Å². The summed E-state index contributed by atoms with van der Waals surface area (Å²) in [6.45, 7) is 2.30. The first kappa shape index (κ1) is 13.4. The molecular formula is C19H23N. The van der Waals surface area contributed by atoms with Gasteiger partial charge in [-0.25, -0.2) is 0 Å². The normalized spacial score (nSPS) is 17.6. The molecule has 0 saturated heterocycles. The average Bonchev–Trinajstić information content (AvgIpc) is 3.31. The highest BCUT2D eigenvalue weighted by Gasteiger charge is 2.32. The summed E-state index contributed by atoms with van der Waals surface area (Å²) in [7, 11) is 0. The maximum absolute atomic E-state index is 3.84. The quantitative estimate of drug-likeness (QED) is 0.818. The minimum Gasteiger partial charge on any atom is -0.307 e. The molecule has 0 aliphatic heterocycles. The van der Waals surface area contributed by atoms with Crippen molar-refractivity contribution in [2.24, 2.45) is 5.92 Å². The highest BCUT2D eigenvalue weighted by Crippen LogP contribution is 2.41. The predicted octanol–water partition coefficient (Wildman–Crippen LogP) is 4.36. The van der Waals surface area contributed by atoms with Gasteiger partial charge in [-0.2, -0.15) is 0 Å². The monoisotopic (exact) mass is 265 g/mol. The van der Waals surface area contributed by atoms with Gasteiger partial charge in [0.1, 0.15) is 0 Å². The summed E-state index contributed by atoms with van der Waals surface area (Å²) in [6.07, 6.45) is 3.83. The molecular weight excluding hydrogens is 242 g/mol. The molecule has 0 bridgehead atoms. The van der Waals surface area contributed by atoms with Crippen molar-refractivity contribution >= 4 is 0 Å². The van der Waals surface area contributed by atoms with Gasteiger partial charge < -0.3 is 5.32 Å². The van der Waals surface area contributed by atoms with Crippen LogP contribution in [0.4, 0.5) is 0 Å². The Labute approximate surface area is 122 Å². The number of hydrogen-bond donors (Lipinski definition) is 1. The Morgan fingerprint density at radius 3 is 2.15 bits per heavy atom. The molecule has 1 fully saturated rings. The van der Waals surface area contributed by atoms with Crippen molar-refractivity contribution in [3.05, 3.63) is 71.8 Å². The third-order valence-corrected chi connectivity index (χ3v) is 4.10. The fourth-order valence-electron chi connectivity index (χ4n) is 2.93. The van der Waals surface area contributed by atoms with Gasteiger partial charge in [0.05, 0.1) is 0 Å². The van der Waals surface area contributed by atoms with Crippen molar-refractivity contribution in [2.75, 3.05) is 0 Å². The van der Waals surface area contributed by atoms with E-state index >= 15 is 0 Å². The average molecular weight is 265 g/mol. The van der Waals surface area contributed by atoms with Crippen LogP contribution in [-0.2, 0) is 6.42 Å². The molecule has 0 amide bonds. The molecule has 1 heteroatoms. The Kier molecular flexibility index (Phi) is 4.17. The van der Waals surface area contributed by atoms with Gasteiger partial charge in [-0.05, 0) is 43.2 Å². The van der Waals surface area contributed by atoms with E-state index in [0.717, 1.165) is 12.3 Å². The van der Waals surface area contributed by atoms with Crippen LogP contribution in [0.15, 0.2) is 60.7 Å². The van der Waals surface area contributed by atoms with Gasteiger partial charge in [0, 0.05) is 12.1 Å². The lowest BCUT2D eigenvalue weighted by Gasteiger charge is -2.24. The predicted molar refractivity (Wildman–Crippen MR) is 84.7 cm³/mol. The SMILES string of the molecule is CC(Cc1ccccc1)NC(c1ccccc1)C1CC1. The van der Waals surface area contributed by atoms with Crippen LogP contribution in [0.2, 0.25) is 0 Å². The molecule has 1 nitrogen and oxygen atoms in total. The molecule has 2 atom stereocenters. The number of hydrogen-bond acceptors (Lipinski definition) is 1. The zero-order valence-corrected chi connectivity index (χ0v) is 12.1. The Bertz CT molecular complexity index is 516. The van der Waals surface area contributed by atoms with Crippen LogP contribution in [0.5, 0.6) is 0 Å². The maximum atomic E-state index is 3.84. The standard InChI is InChI=1S/C19H23N/c1-15(14-16-8-4-2-5-9-16)20-19(18-12-13-18)17-10-6-3-7-11-17/h2-11,15,18-20H,12-14H2,1H3. The topological polar surface area (TPSA) is 12.0 Å². The second-order valence-corrected chi connectivity index (χ2v) is 5.98. The number of nitrogens with one attached hydrogen (secondary N) is 1. The maximum Gasteiger partial charge on any atom is 0.0351 e. The fourth-order valence-corrected chi connectivity index (χ4v) is 2.93. The smallest absolute Gasteiger partial charge is 0.0351 e. The molecule has 3 rings (SSSR count). The summed E-state index contributed by atoms with van der Waals surface area (Å²) in [4.78, 5) is 0. The second-order valence-electron chi connectivity index (χ2n) is 5.98. The molecule has 104 valence electrons. The molecule has 0 radical (unpaired) electrons. The molecule has 2 aromatic carbocycles. The van der Waals surface area contributed by atoms with Crippen LogP contribution in [0.25, 0.3) is 0 Å². The van der Waals surface area contributed by atoms with Gasteiger partial charge in [-0.15, -0.1) is 0 Å². The summed E-state index contributed by atoms with van der Waals surface area (Å²) in [5, 5.41) is 3.84. The van der Waals surface area contributed by atoms with Gasteiger partial charge in [0.25, 0.3) is 0 Å². The Hall–Kier alpha value is -1.60. The van der Waals surface area contributed by atoms with Crippen molar-refractivity contribution in [1.29, 1.82) is 0 Å². The molecule has 1 aliphatic rings. The van der Waals surface area contributed by atoms with Gasteiger partial charge in [-0.1, -0.05) is 60.7 Å². The highest BCUT2D eigenvalue weighted by molar-refractivity contribution is 5.22. The molecule has 20 heavy (non-hydrogen) atoms. The fraction of sp³-hybridized carbons (Fsp3) is 0.368. The Balaban J connectivity index is 1.65. The van der Waals surface area contributed by atoms with Crippen molar-refractivity contribution in [3.63, 3.8) is 0 Å². The summed E-state index contributed by atoms with van der Waals surface area (Å²) < 4.78 is 0. The van der Waals surface area contributed by atoms with Gasteiger partial charge in [0.2, 0.25) is 0 Å². The zero-order valence-electron chi connectivity index (χ0n) is 12.1. The minimum atomic E-state index is 0.503.